The first-order valence-electron chi connectivity index (χ1n) is 13.6. The molecular formula is C30H32N6O2S2. The number of likely N-dealkylation sites (tertiary alicyclic amines) is 1. The number of anilines is 1. The van der Waals surface area contributed by atoms with Crippen LogP contribution in [0.5, 0.6) is 0 Å². The van der Waals surface area contributed by atoms with Gasteiger partial charge in [-0.05, 0) is 83.0 Å². The van der Waals surface area contributed by atoms with Gasteiger partial charge in [0.05, 0.1) is 17.4 Å². The highest BCUT2D eigenvalue weighted by molar-refractivity contribution is 7.17. The van der Waals surface area contributed by atoms with Gasteiger partial charge in [-0.1, -0.05) is 12.1 Å². The van der Waals surface area contributed by atoms with Crippen molar-refractivity contribution in [2.24, 2.45) is 0 Å². The van der Waals surface area contributed by atoms with E-state index in [0.29, 0.717) is 28.2 Å². The van der Waals surface area contributed by atoms with Crippen molar-refractivity contribution in [3.63, 3.8) is 0 Å². The van der Waals surface area contributed by atoms with Crippen molar-refractivity contribution < 1.29 is 9.59 Å². The maximum atomic E-state index is 13.7. The third-order valence-electron chi connectivity index (χ3n) is 7.83. The van der Waals surface area contributed by atoms with E-state index in [1.54, 1.807) is 23.7 Å². The number of aryl methyl sites for hydroxylation is 2. The number of amides is 2. The van der Waals surface area contributed by atoms with Gasteiger partial charge in [0.2, 0.25) is 0 Å². The molecule has 2 aliphatic rings. The van der Waals surface area contributed by atoms with E-state index in [9.17, 15) is 9.59 Å². The van der Waals surface area contributed by atoms with Crippen LogP contribution in [-0.2, 0) is 12.8 Å². The quantitative estimate of drug-likeness (QED) is 0.323. The Bertz CT molecular complexity index is 1550. The Balaban J connectivity index is 1.18. The van der Waals surface area contributed by atoms with Crippen LogP contribution in [0.4, 0.5) is 5.13 Å². The average Bonchev–Trinajstić information content (AvgIpc) is 3.71. The van der Waals surface area contributed by atoms with Crippen molar-refractivity contribution in [3.05, 3.63) is 81.1 Å². The number of fused-ring (bicyclic) bond motifs is 1. The molecule has 6 rings (SSSR count). The van der Waals surface area contributed by atoms with Crippen molar-refractivity contribution in [2.75, 3.05) is 26.0 Å². The van der Waals surface area contributed by atoms with Gasteiger partial charge < -0.3 is 9.80 Å². The van der Waals surface area contributed by atoms with E-state index in [4.69, 9.17) is 4.98 Å². The number of benzene rings is 1. The molecular weight excluding hydrogens is 541 g/mol. The fourth-order valence-corrected chi connectivity index (χ4v) is 7.71. The molecule has 0 spiro atoms. The summed E-state index contributed by atoms with van der Waals surface area (Å²) in [5, 5.41) is 4.50. The smallest absolute Gasteiger partial charge is 0.266 e. The van der Waals surface area contributed by atoms with Crippen molar-refractivity contribution in [1.82, 2.24) is 24.8 Å². The van der Waals surface area contributed by atoms with Crippen molar-refractivity contribution >= 4 is 39.6 Å². The third kappa shape index (κ3) is 5.31. The highest BCUT2D eigenvalue weighted by Crippen LogP contribution is 2.37. The summed E-state index contributed by atoms with van der Waals surface area (Å²) in [5.41, 5.74) is 4.35. The molecule has 0 saturated carbocycles. The van der Waals surface area contributed by atoms with Crippen LogP contribution >= 0.6 is 22.7 Å². The van der Waals surface area contributed by atoms with Crippen LogP contribution in [0.2, 0.25) is 0 Å². The fourth-order valence-electron chi connectivity index (χ4n) is 5.61. The van der Waals surface area contributed by atoms with E-state index >= 15 is 0 Å². The monoisotopic (exact) mass is 572 g/mol. The lowest BCUT2D eigenvalue weighted by molar-refractivity contribution is 0.0739. The minimum Gasteiger partial charge on any atom is -0.331 e. The van der Waals surface area contributed by atoms with Gasteiger partial charge in [-0.3, -0.25) is 19.9 Å². The van der Waals surface area contributed by atoms with Crippen molar-refractivity contribution in [1.29, 1.82) is 0 Å². The van der Waals surface area contributed by atoms with Crippen LogP contribution < -0.4 is 5.32 Å². The number of pyridine rings is 1. The van der Waals surface area contributed by atoms with Crippen LogP contribution in [0.3, 0.4) is 0 Å². The maximum Gasteiger partial charge on any atom is 0.266 e. The molecule has 1 N–H and O–H groups in total. The number of carbonyl (C=O) groups excluding carboxylic acids is 2. The number of hydrogen-bond acceptors (Lipinski definition) is 8. The van der Waals surface area contributed by atoms with Crippen LogP contribution in [0, 0.1) is 6.92 Å². The van der Waals surface area contributed by atoms with Crippen LogP contribution in [0.15, 0.2) is 48.8 Å². The molecule has 8 nitrogen and oxygen atoms in total. The Morgan fingerprint density at radius 1 is 1.07 bits per heavy atom. The molecule has 40 heavy (non-hydrogen) atoms. The zero-order valence-electron chi connectivity index (χ0n) is 22.9. The second kappa shape index (κ2) is 11.2. The van der Waals surface area contributed by atoms with Crippen LogP contribution in [0.25, 0.3) is 10.6 Å². The molecule has 2 unspecified atom stereocenters. The van der Waals surface area contributed by atoms with Gasteiger partial charge in [0.15, 0.2) is 5.13 Å². The summed E-state index contributed by atoms with van der Waals surface area (Å²) in [4.78, 5) is 46.5. The molecule has 10 heteroatoms. The molecule has 4 heterocycles. The van der Waals surface area contributed by atoms with E-state index in [0.717, 1.165) is 59.6 Å². The predicted octanol–water partition coefficient (Wildman–Crippen LogP) is 5.62. The predicted molar refractivity (Wildman–Crippen MR) is 159 cm³/mol. The minimum absolute atomic E-state index is 0.00273. The molecule has 0 bridgehead atoms. The summed E-state index contributed by atoms with van der Waals surface area (Å²) in [6, 6.07) is 11.9. The van der Waals surface area contributed by atoms with Gasteiger partial charge in [0.1, 0.15) is 9.88 Å². The van der Waals surface area contributed by atoms with Gasteiger partial charge in [0.25, 0.3) is 11.8 Å². The Morgan fingerprint density at radius 2 is 1.90 bits per heavy atom. The van der Waals surface area contributed by atoms with E-state index in [2.05, 4.69) is 34.3 Å². The first kappa shape index (κ1) is 26.7. The first-order valence-corrected chi connectivity index (χ1v) is 15.3. The lowest BCUT2D eigenvalue weighted by Gasteiger charge is -2.27. The molecule has 1 aromatic carbocycles. The Labute approximate surface area is 242 Å². The zero-order valence-corrected chi connectivity index (χ0v) is 24.5. The van der Waals surface area contributed by atoms with Crippen molar-refractivity contribution in [2.45, 2.75) is 51.1 Å². The second-order valence-electron chi connectivity index (χ2n) is 10.7. The van der Waals surface area contributed by atoms with Gasteiger partial charge in [-0.15, -0.1) is 22.7 Å². The van der Waals surface area contributed by atoms with E-state index in [1.165, 1.54) is 16.2 Å². The standard InChI is InChI=1S/C30H32N6O2S2/c1-18-26(40-28(32-18)19-11-13-31-14-12-19)29(38)36-15-5-8-24(36)20-6-4-7-21(16-20)27(37)34-30-33-23-10-9-22(35(2)3)17-25(23)39-30/h4,6-7,11-14,16,22,24H,5,8-10,15,17H2,1-3H3,(H,33,34,37). The van der Waals surface area contributed by atoms with E-state index in [-0.39, 0.29) is 17.9 Å². The highest BCUT2D eigenvalue weighted by atomic mass is 32.1. The summed E-state index contributed by atoms with van der Waals surface area (Å²) in [6.07, 6.45) is 8.24. The summed E-state index contributed by atoms with van der Waals surface area (Å²) >= 11 is 3.01. The number of rotatable bonds is 6. The Morgan fingerprint density at radius 3 is 2.70 bits per heavy atom. The minimum atomic E-state index is -0.173. The fraction of sp³-hybridized carbons (Fsp3) is 0.367. The molecule has 1 aliphatic carbocycles. The topological polar surface area (TPSA) is 91.3 Å². The molecule has 4 aromatic rings. The summed E-state index contributed by atoms with van der Waals surface area (Å²) < 4.78 is 0. The normalized spacial score (nSPS) is 18.6. The van der Waals surface area contributed by atoms with Crippen LogP contribution in [-0.4, -0.2) is 63.2 Å². The van der Waals surface area contributed by atoms with Gasteiger partial charge >= 0.3 is 0 Å². The number of carbonyl (C=O) groups is 2. The number of nitrogens with zero attached hydrogens (tertiary/aromatic N) is 5. The molecule has 1 saturated heterocycles. The highest BCUT2D eigenvalue weighted by Gasteiger charge is 2.33. The molecule has 206 valence electrons. The third-order valence-corrected chi connectivity index (χ3v) is 10.1. The Kier molecular flexibility index (Phi) is 7.48. The molecule has 3 aromatic heterocycles. The van der Waals surface area contributed by atoms with Crippen molar-refractivity contribution in [3.8, 4) is 10.6 Å². The first-order chi connectivity index (χ1) is 19.4. The largest absolute Gasteiger partial charge is 0.331 e. The average molecular weight is 573 g/mol. The summed E-state index contributed by atoms with van der Waals surface area (Å²) in [5.74, 6) is -0.176. The zero-order chi connectivity index (χ0) is 27.8. The summed E-state index contributed by atoms with van der Waals surface area (Å²) in [7, 11) is 4.23. The number of nitrogens with one attached hydrogen (secondary N) is 1. The van der Waals surface area contributed by atoms with Gasteiger partial charge in [-0.2, -0.15) is 0 Å². The number of aromatic nitrogens is 3. The summed E-state index contributed by atoms with van der Waals surface area (Å²) in [6.45, 7) is 2.57. The van der Waals surface area contributed by atoms with E-state index in [1.807, 2.05) is 48.2 Å². The number of hydrogen-bond donors (Lipinski definition) is 1. The lowest BCUT2D eigenvalue weighted by atomic mass is 9.97. The molecule has 0 radical (unpaired) electrons. The SMILES string of the molecule is Cc1nc(-c2ccncc2)sc1C(=O)N1CCCC1c1cccc(C(=O)Nc2nc3c(s2)CC(N(C)C)CC3)c1. The molecule has 2 amide bonds. The molecule has 1 fully saturated rings. The number of thiazole rings is 2. The lowest BCUT2D eigenvalue weighted by Crippen LogP contribution is -2.32. The van der Waals surface area contributed by atoms with Gasteiger partial charge in [-0.25, -0.2) is 9.97 Å². The van der Waals surface area contributed by atoms with E-state index < -0.39 is 0 Å². The molecule has 2 atom stereocenters. The van der Waals surface area contributed by atoms with Crippen LogP contribution in [0.1, 0.15) is 67.2 Å². The van der Waals surface area contributed by atoms with Gasteiger partial charge in [0, 0.05) is 41.0 Å². The maximum absolute atomic E-state index is 13.7. The second-order valence-corrected chi connectivity index (χ2v) is 12.7. The molecule has 1 aliphatic heterocycles. The number of likely N-dealkylation sites (N-methyl/N-ethyl adjacent to an activating group) is 1. The Hall–Kier alpha value is -3.47.